The van der Waals surface area contributed by atoms with Gasteiger partial charge in [-0.25, -0.2) is 4.79 Å². The molecule has 0 spiro atoms. The fourth-order valence-electron chi connectivity index (χ4n) is 1.93. The van der Waals surface area contributed by atoms with Crippen LogP contribution < -0.4 is 5.32 Å². The third-order valence-electron chi connectivity index (χ3n) is 3.16. The van der Waals surface area contributed by atoms with Gasteiger partial charge in [-0.3, -0.25) is 14.5 Å². The number of ether oxygens (including phenoxy) is 1. The molecular formula is C13H23N3O5. The molecule has 8 heteroatoms. The molecule has 1 atom stereocenters. The maximum Gasteiger partial charge on any atom is 0.334 e. The molecule has 0 aromatic heterocycles. The largest absolute Gasteiger partial charge is 0.479 e. The first-order chi connectivity index (χ1) is 9.93. The summed E-state index contributed by atoms with van der Waals surface area (Å²) in [6.45, 7) is 3.60. The summed E-state index contributed by atoms with van der Waals surface area (Å²) < 4.78 is 5.09. The van der Waals surface area contributed by atoms with Crippen molar-refractivity contribution >= 4 is 17.8 Å². The second kappa shape index (κ2) is 8.58. The highest BCUT2D eigenvalue weighted by atomic mass is 16.5. The van der Waals surface area contributed by atoms with Gasteiger partial charge in [-0.15, -0.1) is 0 Å². The van der Waals surface area contributed by atoms with E-state index < -0.39 is 12.1 Å². The van der Waals surface area contributed by atoms with Crippen LogP contribution in [0, 0.1) is 0 Å². The van der Waals surface area contributed by atoms with Gasteiger partial charge in [-0.2, -0.15) is 0 Å². The van der Waals surface area contributed by atoms with E-state index in [1.54, 1.807) is 11.9 Å². The predicted octanol–water partition coefficient (Wildman–Crippen LogP) is -1.24. The van der Waals surface area contributed by atoms with E-state index in [2.05, 4.69) is 5.32 Å². The molecule has 1 fully saturated rings. The summed E-state index contributed by atoms with van der Waals surface area (Å²) in [5.41, 5.74) is 0. The van der Waals surface area contributed by atoms with Crippen molar-refractivity contribution in [1.29, 1.82) is 0 Å². The molecule has 0 aromatic rings. The quantitative estimate of drug-likeness (QED) is 0.610. The minimum atomic E-state index is -1.03. The number of hydrogen-bond acceptors (Lipinski definition) is 5. The van der Waals surface area contributed by atoms with Gasteiger partial charge >= 0.3 is 5.97 Å². The minimum absolute atomic E-state index is 0.00549. The normalized spacial score (nSPS) is 19.0. The third-order valence-corrected chi connectivity index (χ3v) is 3.16. The molecule has 0 saturated carbocycles. The van der Waals surface area contributed by atoms with Crippen LogP contribution in [-0.2, 0) is 19.1 Å². The van der Waals surface area contributed by atoms with Crippen molar-refractivity contribution in [1.82, 2.24) is 15.1 Å². The molecule has 1 rings (SSSR count). The van der Waals surface area contributed by atoms with Crippen LogP contribution in [-0.4, -0.2) is 85.2 Å². The molecule has 120 valence electrons. The second-order valence-electron chi connectivity index (χ2n) is 5.03. The van der Waals surface area contributed by atoms with E-state index in [1.807, 2.05) is 6.92 Å². The fraction of sp³-hybridized carbons (Fsp3) is 0.769. The van der Waals surface area contributed by atoms with Crippen molar-refractivity contribution < 1.29 is 24.2 Å². The number of nitrogens with zero attached hydrogens (tertiary/aromatic N) is 2. The van der Waals surface area contributed by atoms with Gasteiger partial charge in [-0.05, 0) is 6.42 Å². The molecule has 0 aliphatic carbocycles. The Bertz CT molecular complexity index is 388. The average Bonchev–Trinajstić information content (AvgIpc) is 2.45. The topological polar surface area (TPSA) is 99.2 Å². The maximum absolute atomic E-state index is 12.0. The van der Waals surface area contributed by atoms with Crippen LogP contribution in [0.1, 0.15) is 13.3 Å². The number of likely N-dealkylation sites (N-methyl/N-ethyl adjacent to an activating group) is 1. The van der Waals surface area contributed by atoms with Crippen LogP contribution >= 0.6 is 0 Å². The monoisotopic (exact) mass is 301 g/mol. The van der Waals surface area contributed by atoms with Crippen molar-refractivity contribution in [2.24, 2.45) is 0 Å². The lowest BCUT2D eigenvalue weighted by atomic mass is 10.2. The van der Waals surface area contributed by atoms with Crippen LogP contribution in [0.3, 0.4) is 0 Å². The summed E-state index contributed by atoms with van der Waals surface area (Å²) in [5, 5.41) is 11.6. The van der Waals surface area contributed by atoms with Gasteiger partial charge in [0.05, 0.1) is 19.7 Å². The van der Waals surface area contributed by atoms with Gasteiger partial charge in [0.2, 0.25) is 11.8 Å². The molecule has 21 heavy (non-hydrogen) atoms. The number of carboxylic acid groups (broad SMARTS) is 1. The van der Waals surface area contributed by atoms with E-state index in [4.69, 9.17) is 9.84 Å². The zero-order chi connectivity index (χ0) is 15.8. The Balaban J connectivity index is 2.37. The number of rotatable bonds is 7. The standard InChI is InChI=1S/C13H23N3O5/c1-3-4-14-11(17)8-15(2)12(18)9-16-5-6-21-10(7-16)13(19)20/h10H,3-9H2,1-2H3,(H,14,17)(H,19,20). The zero-order valence-corrected chi connectivity index (χ0v) is 12.5. The third kappa shape index (κ3) is 6.09. The lowest BCUT2D eigenvalue weighted by molar-refractivity contribution is -0.157. The van der Waals surface area contributed by atoms with E-state index in [-0.39, 0.29) is 38.1 Å². The number of hydrogen-bond donors (Lipinski definition) is 2. The summed E-state index contributed by atoms with van der Waals surface area (Å²) in [7, 11) is 1.56. The SMILES string of the molecule is CCCNC(=O)CN(C)C(=O)CN1CCOC(C(=O)O)C1. The Morgan fingerprint density at radius 3 is 2.76 bits per heavy atom. The first-order valence-corrected chi connectivity index (χ1v) is 7.01. The van der Waals surface area contributed by atoms with Crippen LogP contribution in [0.25, 0.3) is 0 Å². The van der Waals surface area contributed by atoms with Crippen LogP contribution in [0.15, 0.2) is 0 Å². The summed E-state index contributed by atoms with van der Waals surface area (Å²) in [5.74, 6) is -1.44. The number of carbonyl (C=O) groups is 3. The van der Waals surface area contributed by atoms with Gasteiger partial charge in [-0.1, -0.05) is 6.92 Å². The molecule has 2 amide bonds. The summed E-state index contributed by atoms with van der Waals surface area (Å²) in [4.78, 5) is 37.5. The smallest absolute Gasteiger partial charge is 0.334 e. The van der Waals surface area contributed by atoms with E-state index in [9.17, 15) is 14.4 Å². The molecule has 0 radical (unpaired) electrons. The first-order valence-electron chi connectivity index (χ1n) is 7.01. The van der Waals surface area contributed by atoms with Crippen LogP contribution in [0.5, 0.6) is 0 Å². The molecule has 0 bridgehead atoms. The van der Waals surface area contributed by atoms with Gasteiger partial charge in [0.1, 0.15) is 0 Å². The molecule has 1 aliphatic rings. The molecule has 8 nitrogen and oxygen atoms in total. The van der Waals surface area contributed by atoms with E-state index >= 15 is 0 Å². The average molecular weight is 301 g/mol. The summed E-state index contributed by atoms with van der Waals surface area (Å²) in [6.07, 6.45) is -0.0574. The Kier molecular flexibility index (Phi) is 7.10. The molecule has 1 aliphatic heterocycles. The summed E-state index contributed by atoms with van der Waals surface area (Å²) in [6, 6.07) is 0. The molecule has 0 aromatic carbocycles. The van der Waals surface area contributed by atoms with E-state index in [1.165, 1.54) is 4.90 Å². The lowest BCUT2D eigenvalue weighted by Gasteiger charge is -2.31. The Labute approximate surface area is 124 Å². The summed E-state index contributed by atoms with van der Waals surface area (Å²) >= 11 is 0. The Morgan fingerprint density at radius 1 is 1.43 bits per heavy atom. The van der Waals surface area contributed by atoms with Crippen LogP contribution in [0.2, 0.25) is 0 Å². The maximum atomic E-state index is 12.0. The van der Waals surface area contributed by atoms with Crippen LogP contribution in [0.4, 0.5) is 0 Å². The number of aliphatic carboxylic acids is 1. The number of carbonyl (C=O) groups excluding carboxylic acids is 2. The van der Waals surface area contributed by atoms with Gasteiger partial charge < -0.3 is 20.1 Å². The van der Waals surface area contributed by atoms with Gasteiger partial charge in [0.25, 0.3) is 0 Å². The minimum Gasteiger partial charge on any atom is -0.479 e. The molecular weight excluding hydrogens is 278 g/mol. The number of amides is 2. The number of morpholine rings is 1. The molecule has 1 unspecified atom stereocenters. The van der Waals surface area contributed by atoms with Crippen molar-refractivity contribution in [2.45, 2.75) is 19.4 Å². The fourth-order valence-corrected chi connectivity index (χ4v) is 1.93. The van der Waals surface area contributed by atoms with E-state index in [0.29, 0.717) is 13.1 Å². The van der Waals surface area contributed by atoms with Gasteiger partial charge in [0.15, 0.2) is 6.10 Å². The number of carboxylic acids is 1. The predicted molar refractivity (Wildman–Crippen MR) is 74.8 cm³/mol. The highest BCUT2D eigenvalue weighted by Crippen LogP contribution is 2.05. The molecule has 1 saturated heterocycles. The van der Waals surface area contributed by atoms with Crippen molar-refractivity contribution in [2.75, 3.05) is 46.4 Å². The highest BCUT2D eigenvalue weighted by molar-refractivity contribution is 5.85. The van der Waals surface area contributed by atoms with E-state index in [0.717, 1.165) is 6.42 Å². The zero-order valence-electron chi connectivity index (χ0n) is 12.5. The van der Waals surface area contributed by atoms with Crippen molar-refractivity contribution in [3.63, 3.8) is 0 Å². The first kappa shape index (κ1) is 17.4. The molecule has 1 heterocycles. The van der Waals surface area contributed by atoms with Gasteiger partial charge in [0, 0.05) is 26.7 Å². The molecule has 2 N–H and O–H groups in total. The van der Waals surface area contributed by atoms with Crippen molar-refractivity contribution in [3.05, 3.63) is 0 Å². The van der Waals surface area contributed by atoms with Crippen molar-refractivity contribution in [3.8, 4) is 0 Å². The Hall–Kier alpha value is -1.67. The second-order valence-corrected chi connectivity index (χ2v) is 5.03. The number of nitrogens with one attached hydrogen (secondary N) is 1. The highest BCUT2D eigenvalue weighted by Gasteiger charge is 2.28. The Morgan fingerprint density at radius 2 is 2.14 bits per heavy atom. The lowest BCUT2D eigenvalue weighted by Crippen LogP contribution is -2.50.